The van der Waals surface area contributed by atoms with Gasteiger partial charge in [0.05, 0.1) is 6.54 Å². The fourth-order valence-electron chi connectivity index (χ4n) is 3.61. The second-order valence-corrected chi connectivity index (χ2v) is 6.79. The van der Waals surface area contributed by atoms with E-state index in [0.29, 0.717) is 18.0 Å². The van der Waals surface area contributed by atoms with Gasteiger partial charge in [-0.25, -0.2) is 4.79 Å². The second-order valence-electron chi connectivity index (χ2n) is 6.79. The highest BCUT2D eigenvalue weighted by Gasteiger charge is 2.20. The largest absolute Gasteiger partial charge is 0.338 e. The summed E-state index contributed by atoms with van der Waals surface area (Å²) < 4.78 is 0. The van der Waals surface area contributed by atoms with Gasteiger partial charge in [-0.2, -0.15) is 0 Å². The molecule has 0 radical (unpaired) electrons. The van der Waals surface area contributed by atoms with Gasteiger partial charge in [-0.05, 0) is 55.9 Å². The summed E-state index contributed by atoms with van der Waals surface area (Å²) >= 11 is 0. The SMILES string of the molecule is Cc1cc(C)c(CNC(=O)NC[C@@H]2CCCc3ccccc32)c(=O)[nH]1. The zero-order chi connectivity index (χ0) is 17.8. The molecule has 2 amide bonds. The molecule has 1 aromatic heterocycles. The number of aryl methyl sites for hydroxylation is 3. The minimum absolute atomic E-state index is 0.140. The molecule has 0 spiro atoms. The standard InChI is InChI=1S/C20H25N3O2/c1-13-10-14(2)23-19(24)18(13)12-22-20(25)21-11-16-8-5-7-15-6-3-4-9-17(15)16/h3-4,6,9-10,16H,5,7-8,11-12H2,1-2H3,(H,23,24)(H2,21,22,25)/t16-/m0/s1. The number of urea groups is 1. The van der Waals surface area contributed by atoms with E-state index in [2.05, 4.69) is 39.9 Å². The third-order valence-electron chi connectivity index (χ3n) is 4.92. The Morgan fingerprint density at radius 1 is 1.24 bits per heavy atom. The van der Waals surface area contributed by atoms with E-state index in [0.717, 1.165) is 30.5 Å². The van der Waals surface area contributed by atoms with Crippen LogP contribution in [0.2, 0.25) is 0 Å². The van der Waals surface area contributed by atoms with Gasteiger partial charge in [-0.15, -0.1) is 0 Å². The van der Waals surface area contributed by atoms with Gasteiger partial charge in [-0.1, -0.05) is 24.3 Å². The highest BCUT2D eigenvalue weighted by molar-refractivity contribution is 5.74. The van der Waals surface area contributed by atoms with Crippen LogP contribution in [-0.2, 0) is 13.0 Å². The quantitative estimate of drug-likeness (QED) is 0.801. The van der Waals surface area contributed by atoms with Crippen molar-refractivity contribution in [3.05, 3.63) is 68.6 Å². The molecule has 1 aromatic carbocycles. The van der Waals surface area contributed by atoms with E-state index in [1.807, 2.05) is 19.9 Å². The zero-order valence-electron chi connectivity index (χ0n) is 14.8. The van der Waals surface area contributed by atoms with Gasteiger partial charge in [0, 0.05) is 23.7 Å². The Bertz CT molecular complexity index is 826. The van der Waals surface area contributed by atoms with Crippen molar-refractivity contribution in [3.63, 3.8) is 0 Å². The van der Waals surface area contributed by atoms with Crippen molar-refractivity contribution < 1.29 is 4.79 Å². The van der Waals surface area contributed by atoms with E-state index in [9.17, 15) is 9.59 Å². The molecule has 0 aliphatic heterocycles. The topological polar surface area (TPSA) is 74.0 Å². The lowest BCUT2D eigenvalue weighted by molar-refractivity contribution is 0.239. The Labute approximate surface area is 147 Å². The van der Waals surface area contributed by atoms with Crippen LogP contribution in [-0.4, -0.2) is 17.6 Å². The van der Waals surface area contributed by atoms with Crippen LogP contribution in [0, 0.1) is 13.8 Å². The molecular weight excluding hydrogens is 314 g/mol. The molecule has 0 bridgehead atoms. The number of benzene rings is 1. The summed E-state index contributed by atoms with van der Waals surface area (Å²) in [6, 6.07) is 10.1. The van der Waals surface area contributed by atoms with E-state index >= 15 is 0 Å². The maximum Gasteiger partial charge on any atom is 0.315 e. The minimum atomic E-state index is -0.234. The number of carbonyl (C=O) groups is 1. The summed E-state index contributed by atoms with van der Waals surface area (Å²) in [5.74, 6) is 0.361. The predicted molar refractivity (Wildman–Crippen MR) is 98.9 cm³/mol. The maximum atomic E-state index is 12.1. The minimum Gasteiger partial charge on any atom is -0.338 e. The number of pyridine rings is 1. The molecule has 3 rings (SSSR count). The number of hydrogen-bond donors (Lipinski definition) is 3. The molecule has 3 N–H and O–H groups in total. The first-order chi connectivity index (χ1) is 12.0. The first-order valence-corrected chi connectivity index (χ1v) is 8.83. The fraction of sp³-hybridized carbons (Fsp3) is 0.400. The number of rotatable bonds is 4. The summed E-state index contributed by atoms with van der Waals surface area (Å²) in [5.41, 5.74) is 4.92. The lowest BCUT2D eigenvalue weighted by atomic mass is 9.83. The van der Waals surface area contributed by atoms with Crippen molar-refractivity contribution >= 4 is 6.03 Å². The van der Waals surface area contributed by atoms with Crippen molar-refractivity contribution in [2.75, 3.05) is 6.54 Å². The summed E-state index contributed by atoms with van der Waals surface area (Å²) in [4.78, 5) is 26.9. The lowest BCUT2D eigenvalue weighted by Crippen LogP contribution is -2.39. The molecule has 0 saturated carbocycles. The van der Waals surface area contributed by atoms with Gasteiger partial charge < -0.3 is 15.6 Å². The Morgan fingerprint density at radius 3 is 2.84 bits per heavy atom. The molecule has 2 aromatic rings. The monoisotopic (exact) mass is 339 g/mol. The number of aromatic amines is 1. The third kappa shape index (κ3) is 4.10. The Kier molecular flexibility index (Phi) is 5.22. The Balaban J connectivity index is 1.55. The van der Waals surface area contributed by atoms with Gasteiger partial charge >= 0.3 is 6.03 Å². The van der Waals surface area contributed by atoms with Gasteiger partial charge in [-0.3, -0.25) is 4.79 Å². The number of nitrogens with one attached hydrogen (secondary N) is 3. The number of carbonyl (C=O) groups excluding carboxylic acids is 1. The highest BCUT2D eigenvalue weighted by Crippen LogP contribution is 2.30. The first kappa shape index (κ1) is 17.3. The van der Waals surface area contributed by atoms with Gasteiger partial charge in [0.25, 0.3) is 5.56 Å². The van der Waals surface area contributed by atoms with Crippen molar-refractivity contribution in [1.82, 2.24) is 15.6 Å². The molecule has 132 valence electrons. The molecular formula is C20H25N3O2. The van der Waals surface area contributed by atoms with Crippen LogP contribution in [0.5, 0.6) is 0 Å². The lowest BCUT2D eigenvalue weighted by Gasteiger charge is -2.25. The third-order valence-corrected chi connectivity index (χ3v) is 4.92. The summed E-state index contributed by atoms with van der Waals surface area (Å²) in [6.45, 7) is 4.58. The number of fused-ring (bicyclic) bond motifs is 1. The van der Waals surface area contributed by atoms with E-state index in [-0.39, 0.29) is 18.1 Å². The van der Waals surface area contributed by atoms with Crippen LogP contribution in [0.4, 0.5) is 4.79 Å². The summed E-state index contributed by atoms with van der Waals surface area (Å²) in [5, 5.41) is 5.75. The molecule has 0 fully saturated rings. The Hall–Kier alpha value is -2.56. The molecule has 0 saturated heterocycles. The number of aromatic nitrogens is 1. The van der Waals surface area contributed by atoms with Crippen LogP contribution < -0.4 is 16.2 Å². The van der Waals surface area contributed by atoms with Gasteiger partial charge in [0.15, 0.2) is 0 Å². The molecule has 1 aliphatic carbocycles. The first-order valence-electron chi connectivity index (χ1n) is 8.83. The summed E-state index contributed by atoms with van der Waals surface area (Å²) in [7, 11) is 0. The average Bonchev–Trinajstić information content (AvgIpc) is 2.59. The molecule has 1 heterocycles. The van der Waals surface area contributed by atoms with Crippen LogP contribution in [0.1, 0.15) is 46.7 Å². The molecule has 25 heavy (non-hydrogen) atoms. The molecule has 1 aliphatic rings. The fourth-order valence-corrected chi connectivity index (χ4v) is 3.61. The van der Waals surface area contributed by atoms with Gasteiger partial charge in [0.2, 0.25) is 0 Å². The maximum absolute atomic E-state index is 12.1. The van der Waals surface area contributed by atoms with Crippen LogP contribution in [0.15, 0.2) is 35.1 Å². The molecule has 1 atom stereocenters. The predicted octanol–water partition coefficient (Wildman–Crippen LogP) is 2.91. The van der Waals surface area contributed by atoms with Crippen LogP contribution >= 0.6 is 0 Å². The van der Waals surface area contributed by atoms with Crippen LogP contribution in [0.3, 0.4) is 0 Å². The molecule has 5 heteroatoms. The van der Waals surface area contributed by atoms with Crippen molar-refractivity contribution in [2.45, 2.75) is 45.6 Å². The number of amides is 2. The van der Waals surface area contributed by atoms with Crippen molar-refractivity contribution in [3.8, 4) is 0 Å². The van der Waals surface area contributed by atoms with E-state index in [1.165, 1.54) is 11.1 Å². The second kappa shape index (κ2) is 7.55. The van der Waals surface area contributed by atoms with Crippen molar-refractivity contribution in [1.29, 1.82) is 0 Å². The van der Waals surface area contributed by atoms with E-state index < -0.39 is 0 Å². The molecule has 0 unspecified atom stereocenters. The van der Waals surface area contributed by atoms with Crippen LogP contribution in [0.25, 0.3) is 0 Å². The number of H-pyrrole nitrogens is 1. The Morgan fingerprint density at radius 2 is 2.04 bits per heavy atom. The van der Waals surface area contributed by atoms with E-state index in [1.54, 1.807) is 0 Å². The smallest absolute Gasteiger partial charge is 0.315 e. The zero-order valence-corrected chi connectivity index (χ0v) is 14.8. The van der Waals surface area contributed by atoms with E-state index in [4.69, 9.17) is 0 Å². The highest BCUT2D eigenvalue weighted by atomic mass is 16.2. The number of hydrogen-bond acceptors (Lipinski definition) is 2. The van der Waals surface area contributed by atoms with Gasteiger partial charge in [0.1, 0.15) is 0 Å². The molecule has 5 nitrogen and oxygen atoms in total. The van der Waals surface area contributed by atoms with Crippen molar-refractivity contribution in [2.24, 2.45) is 0 Å². The normalized spacial score (nSPS) is 16.2. The summed E-state index contributed by atoms with van der Waals surface area (Å²) in [6.07, 6.45) is 3.37. The average molecular weight is 339 g/mol.